The Balaban J connectivity index is 0.844. The first-order chi connectivity index (χ1) is 16.2. The van der Waals surface area contributed by atoms with Crippen LogP contribution in [0.2, 0.25) is 0 Å². The molecule has 0 radical (unpaired) electrons. The fourth-order valence-corrected chi connectivity index (χ4v) is 7.57. The van der Waals surface area contributed by atoms with Gasteiger partial charge in [-0.05, 0) is 25.7 Å². The first-order valence-electron chi connectivity index (χ1n) is 12.8. The Morgan fingerprint density at radius 1 is 1.06 bits per heavy atom. The Hall–Kier alpha value is -2.00. The van der Waals surface area contributed by atoms with E-state index < -0.39 is 0 Å². The van der Waals surface area contributed by atoms with Gasteiger partial charge in [-0.3, -0.25) is 4.90 Å². The van der Waals surface area contributed by atoms with Gasteiger partial charge in [0.15, 0.2) is 5.82 Å². The largest absolute Gasteiger partial charge is 0.323 e. The fraction of sp³-hybridized carbons (Fsp3) is 0.760. The number of hydrogen-bond donors (Lipinski definition) is 0. The van der Waals surface area contributed by atoms with Crippen LogP contribution in [0.4, 0.5) is 4.79 Å². The van der Waals surface area contributed by atoms with E-state index in [0.717, 1.165) is 64.5 Å². The molecule has 5 heterocycles. The lowest BCUT2D eigenvalue weighted by atomic mass is 9.60. The van der Waals surface area contributed by atoms with Crippen molar-refractivity contribution in [2.75, 3.05) is 39.3 Å². The van der Waals surface area contributed by atoms with Crippen LogP contribution in [0.15, 0.2) is 11.7 Å². The Morgan fingerprint density at radius 2 is 1.74 bits per heavy atom. The minimum atomic E-state index is 0.117. The summed E-state index contributed by atoms with van der Waals surface area (Å²) in [5.74, 6) is 1.65. The second kappa shape index (κ2) is 7.03. The Morgan fingerprint density at radius 3 is 2.35 bits per heavy atom. The van der Waals surface area contributed by atoms with E-state index in [1.54, 1.807) is 11.3 Å². The second-order valence-electron chi connectivity index (χ2n) is 12.9. The van der Waals surface area contributed by atoms with E-state index in [2.05, 4.69) is 50.5 Å². The average molecular weight is 482 g/mol. The highest BCUT2D eigenvalue weighted by atomic mass is 32.1. The summed E-state index contributed by atoms with van der Waals surface area (Å²) in [5.41, 5.74) is 1.97. The molecule has 7 rings (SSSR count). The quantitative estimate of drug-likeness (QED) is 0.669. The van der Waals surface area contributed by atoms with E-state index in [4.69, 9.17) is 10.1 Å². The van der Waals surface area contributed by atoms with Crippen molar-refractivity contribution in [1.29, 1.82) is 0 Å². The number of rotatable bonds is 4. The zero-order valence-corrected chi connectivity index (χ0v) is 21.4. The van der Waals surface area contributed by atoms with E-state index in [0.29, 0.717) is 22.8 Å². The first-order valence-corrected chi connectivity index (χ1v) is 13.7. The van der Waals surface area contributed by atoms with Crippen molar-refractivity contribution in [2.24, 2.45) is 10.8 Å². The van der Waals surface area contributed by atoms with Crippen molar-refractivity contribution in [3.63, 3.8) is 0 Å². The van der Waals surface area contributed by atoms with E-state index >= 15 is 0 Å². The van der Waals surface area contributed by atoms with Gasteiger partial charge in [-0.1, -0.05) is 20.8 Å². The average Bonchev–Trinajstić information content (AvgIpc) is 3.19. The molecule has 0 bridgehead atoms. The van der Waals surface area contributed by atoms with Gasteiger partial charge in [-0.25, -0.2) is 19.4 Å². The lowest BCUT2D eigenvalue weighted by molar-refractivity contribution is -0.120. The molecule has 2 aromatic rings. The highest BCUT2D eigenvalue weighted by molar-refractivity contribution is 7.09. The minimum absolute atomic E-state index is 0.117. The van der Waals surface area contributed by atoms with Crippen molar-refractivity contribution in [3.05, 3.63) is 28.2 Å². The summed E-state index contributed by atoms with van der Waals surface area (Å²) in [7, 11) is 0. The molecule has 34 heavy (non-hydrogen) atoms. The van der Waals surface area contributed by atoms with Gasteiger partial charge in [-0.15, -0.1) is 11.3 Å². The van der Waals surface area contributed by atoms with Crippen molar-refractivity contribution < 1.29 is 4.79 Å². The van der Waals surface area contributed by atoms with E-state index in [1.165, 1.54) is 23.5 Å². The van der Waals surface area contributed by atoms with Gasteiger partial charge in [0.2, 0.25) is 0 Å². The third-order valence-electron chi connectivity index (χ3n) is 8.62. The predicted molar refractivity (Wildman–Crippen MR) is 130 cm³/mol. The van der Waals surface area contributed by atoms with Gasteiger partial charge in [-0.2, -0.15) is 5.10 Å². The lowest BCUT2D eigenvalue weighted by Crippen LogP contribution is -2.75. The molecule has 8 nitrogen and oxygen atoms in total. The molecular formula is C25H35N7OS. The summed E-state index contributed by atoms with van der Waals surface area (Å²) in [6, 6.07) is 0.729. The minimum Gasteiger partial charge on any atom is -0.323 e. The maximum Gasteiger partial charge on any atom is 0.320 e. The smallest absolute Gasteiger partial charge is 0.320 e. The van der Waals surface area contributed by atoms with Gasteiger partial charge in [0.1, 0.15) is 11.3 Å². The lowest BCUT2D eigenvalue weighted by Gasteiger charge is -2.63. The number of amides is 2. The third-order valence-corrected chi connectivity index (χ3v) is 9.46. The van der Waals surface area contributed by atoms with Crippen LogP contribution in [-0.2, 0) is 12.0 Å². The number of hydrogen-bond acceptors (Lipinski definition) is 6. The molecule has 0 N–H and O–H groups in total. The van der Waals surface area contributed by atoms with Crippen LogP contribution in [0, 0.1) is 10.8 Å². The maximum atomic E-state index is 13.0. The van der Waals surface area contributed by atoms with Gasteiger partial charge < -0.3 is 9.80 Å². The number of likely N-dealkylation sites (tertiary alicyclic amines) is 3. The molecule has 2 aliphatic carbocycles. The highest BCUT2D eigenvalue weighted by Gasteiger charge is 2.58. The standard InChI is InChI=1S/C25H35N7OS/c1-23(2,3)19-9-34-20(27-19)8-29-10-25(11-29)14-31(15-25)22(33)30-12-24(13-30)6-18(7-24)32-16-26-21(28-32)17-4-5-17/h9,16-18H,4-8,10-15H2,1-3H3. The summed E-state index contributed by atoms with van der Waals surface area (Å²) in [6.07, 6.45) is 6.69. The summed E-state index contributed by atoms with van der Waals surface area (Å²) in [4.78, 5) is 28.9. The molecule has 5 aliphatic rings. The van der Waals surface area contributed by atoms with Crippen LogP contribution < -0.4 is 0 Å². The third kappa shape index (κ3) is 3.49. The van der Waals surface area contributed by atoms with Gasteiger partial charge in [0, 0.05) is 66.8 Å². The maximum absolute atomic E-state index is 13.0. The molecule has 3 aliphatic heterocycles. The molecule has 2 spiro atoms. The number of urea groups is 1. The number of nitrogens with zero attached hydrogens (tertiary/aromatic N) is 7. The van der Waals surface area contributed by atoms with Crippen LogP contribution in [0.3, 0.4) is 0 Å². The van der Waals surface area contributed by atoms with Crippen LogP contribution in [0.1, 0.15) is 74.9 Å². The molecule has 3 saturated heterocycles. The molecule has 2 amide bonds. The van der Waals surface area contributed by atoms with Crippen LogP contribution in [0.25, 0.3) is 0 Å². The van der Waals surface area contributed by atoms with Crippen LogP contribution in [-0.4, -0.2) is 79.7 Å². The van der Waals surface area contributed by atoms with E-state index in [-0.39, 0.29) is 11.4 Å². The topological polar surface area (TPSA) is 70.4 Å². The van der Waals surface area contributed by atoms with Crippen molar-refractivity contribution >= 4 is 17.4 Å². The summed E-state index contributed by atoms with van der Waals surface area (Å²) >= 11 is 1.78. The van der Waals surface area contributed by atoms with Crippen LogP contribution >= 0.6 is 11.3 Å². The Kier molecular flexibility index (Phi) is 4.40. The predicted octanol–water partition coefficient (Wildman–Crippen LogP) is 3.48. The highest BCUT2D eigenvalue weighted by Crippen LogP contribution is 2.54. The van der Waals surface area contributed by atoms with Crippen molar-refractivity contribution in [2.45, 2.75) is 70.4 Å². The summed E-state index contributed by atoms with van der Waals surface area (Å²) < 4.78 is 2.08. The fourth-order valence-electron chi connectivity index (χ4n) is 6.51. The monoisotopic (exact) mass is 481 g/mol. The van der Waals surface area contributed by atoms with Gasteiger partial charge >= 0.3 is 6.03 Å². The van der Waals surface area contributed by atoms with Crippen molar-refractivity contribution in [3.8, 4) is 0 Å². The van der Waals surface area contributed by atoms with Gasteiger partial charge in [0.25, 0.3) is 0 Å². The Bertz CT molecular complexity index is 1100. The van der Waals surface area contributed by atoms with E-state index in [1.807, 2.05) is 6.33 Å². The number of thiazole rings is 1. The molecule has 5 fully saturated rings. The number of carbonyl (C=O) groups excluding carboxylic acids is 1. The van der Waals surface area contributed by atoms with Crippen molar-refractivity contribution in [1.82, 2.24) is 34.4 Å². The molecule has 9 heteroatoms. The zero-order valence-electron chi connectivity index (χ0n) is 20.5. The molecule has 2 saturated carbocycles. The molecule has 182 valence electrons. The van der Waals surface area contributed by atoms with Crippen LogP contribution in [0.5, 0.6) is 0 Å². The molecular weight excluding hydrogens is 446 g/mol. The summed E-state index contributed by atoms with van der Waals surface area (Å²) in [5, 5.41) is 8.13. The number of carbonyl (C=O) groups is 1. The van der Waals surface area contributed by atoms with E-state index in [9.17, 15) is 4.79 Å². The second-order valence-corrected chi connectivity index (χ2v) is 13.9. The first kappa shape index (κ1) is 21.3. The number of aromatic nitrogens is 4. The molecule has 0 atom stereocenters. The molecule has 0 aromatic carbocycles. The molecule has 2 aromatic heterocycles. The SMILES string of the molecule is CC(C)(C)c1csc(CN2CC3(C2)CN(C(=O)N2CC4(CC(n5cnc(C6CC6)n5)C4)C2)C3)n1. The normalized spacial score (nSPS) is 25.7. The van der Waals surface area contributed by atoms with Gasteiger partial charge in [0.05, 0.1) is 18.3 Å². The Labute approximate surface area is 205 Å². The summed E-state index contributed by atoms with van der Waals surface area (Å²) in [6.45, 7) is 13.5. The molecule has 0 unspecified atom stereocenters. The zero-order chi connectivity index (χ0) is 23.3.